The maximum atomic E-state index is 11.6. The van der Waals surface area contributed by atoms with Gasteiger partial charge in [-0.15, -0.1) is 0 Å². The summed E-state index contributed by atoms with van der Waals surface area (Å²) in [7, 11) is 0. The molecule has 0 heterocycles. The Kier molecular flexibility index (Phi) is 4.28. The number of carboxylic acids is 1. The average Bonchev–Trinajstić information content (AvgIpc) is 3.20. The van der Waals surface area contributed by atoms with Crippen LogP contribution in [0.2, 0.25) is 0 Å². The molecule has 1 aromatic rings. The van der Waals surface area contributed by atoms with Crippen molar-refractivity contribution >= 4 is 5.97 Å². The molecule has 0 atom stereocenters. The number of benzene rings is 1. The topological polar surface area (TPSA) is 55.8 Å². The normalized spacial score (nSPS) is 16.6. The zero-order valence-corrected chi connectivity index (χ0v) is 13.2. The second kappa shape index (κ2) is 5.68. The van der Waals surface area contributed by atoms with Gasteiger partial charge in [0.05, 0.1) is 17.6 Å². The van der Waals surface area contributed by atoms with Crippen LogP contribution in [0.4, 0.5) is 0 Å². The molecule has 0 spiro atoms. The summed E-state index contributed by atoms with van der Waals surface area (Å²) in [5, 5.41) is 9.56. The smallest absolute Gasteiger partial charge is 0.314 e. The van der Waals surface area contributed by atoms with Crippen molar-refractivity contribution in [3.63, 3.8) is 0 Å². The van der Waals surface area contributed by atoms with Gasteiger partial charge in [0.2, 0.25) is 0 Å². The molecular weight excluding hydrogens is 268 g/mol. The number of rotatable bonds is 7. The van der Waals surface area contributed by atoms with Gasteiger partial charge in [0.1, 0.15) is 5.75 Å². The summed E-state index contributed by atoms with van der Waals surface area (Å²) < 4.78 is 11.4. The Bertz CT molecular complexity index is 530. The summed E-state index contributed by atoms with van der Waals surface area (Å²) >= 11 is 0. The fourth-order valence-electron chi connectivity index (χ4n) is 2.73. The average molecular weight is 292 g/mol. The highest BCUT2D eigenvalue weighted by Crippen LogP contribution is 2.52. The standard InChI is InChI=1S/C17H24O4/c1-5-20-14-8-7-12(16(3,4)21-6-2)11-13(14)17(9-10-17)15(18)19/h7-8,11H,5-6,9-10H2,1-4H3,(H,18,19). The number of carbonyl (C=O) groups is 1. The summed E-state index contributed by atoms with van der Waals surface area (Å²) in [4.78, 5) is 11.6. The number of ether oxygens (including phenoxy) is 2. The molecule has 1 aromatic carbocycles. The van der Waals surface area contributed by atoms with E-state index < -0.39 is 17.0 Å². The lowest BCUT2D eigenvalue weighted by atomic mass is 9.89. The first-order valence-corrected chi connectivity index (χ1v) is 7.52. The summed E-state index contributed by atoms with van der Waals surface area (Å²) in [6.45, 7) is 8.99. The highest BCUT2D eigenvalue weighted by molar-refractivity contribution is 5.86. The number of hydrogen-bond donors (Lipinski definition) is 1. The molecule has 0 unspecified atom stereocenters. The molecule has 1 aliphatic carbocycles. The van der Waals surface area contributed by atoms with Crippen LogP contribution in [0, 0.1) is 0 Å². The highest BCUT2D eigenvalue weighted by atomic mass is 16.5. The quantitative estimate of drug-likeness (QED) is 0.836. The Morgan fingerprint density at radius 2 is 1.95 bits per heavy atom. The molecule has 0 amide bonds. The molecule has 0 saturated heterocycles. The van der Waals surface area contributed by atoms with Crippen LogP contribution in [0.3, 0.4) is 0 Å². The largest absolute Gasteiger partial charge is 0.494 e. The zero-order chi connectivity index (χ0) is 15.7. The lowest BCUT2D eigenvalue weighted by Crippen LogP contribution is -2.25. The first kappa shape index (κ1) is 15.8. The summed E-state index contributed by atoms with van der Waals surface area (Å²) in [5.41, 5.74) is 0.545. The molecule has 0 aromatic heterocycles. The van der Waals surface area contributed by atoms with Crippen molar-refractivity contribution in [3.05, 3.63) is 29.3 Å². The molecule has 0 aliphatic heterocycles. The van der Waals surface area contributed by atoms with Gasteiger partial charge in [-0.3, -0.25) is 4.79 Å². The maximum Gasteiger partial charge on any atom is 0.314 e. The highest BCUT2D eigenvalue weighted by Gasteiger charge is 2.53. The minimum absolute atomic E-state index is 0.442. The van der Waals surface area contributed by atoms with E-state index in [1.807, 2.05) is 45.9 Å². The van der Waals surface area contributed by atoms with Crippen molar-refractivity contribution < 1.29 is 19.4 Å². The fourth-order valence-corrected chi connectivity index (χ4v) is 2.73. The summed E-state index contributed by atoms with van der Waals surface area (Å²) in [6.07, 6.45) is 1.34. The second-order valence-electron chi connectivity index (χ2n) is 5.97. The van der Waals surface area contributed by atoms with Crippen LogP contribution in [0.1, 0.15) is 51.7 Å². The van der Waals surface area contributed by atoms with Crippen molar-refractivity contribution in [1.82, 2.24) is 0 Å². The number of carboxylic acid groups (broad SMARTS) is 1. The van der Waals surface area contributed by atoms with Gasteiger partial charge in [0.25, 0.3) is 0 Å². The van der Waals surface area contributed by atoms with Crippen LogP contribution in [-0.4, -0.2) is 24.3 Å². The predicted molar refractivity (Wildman–Crippen MR) is 80.8 cm³/mol. The van der Waals surface area contributed by atoms with E-state index in [0.717, 1.165) is 11.1 Å². The Morgan fingerprint density at radius 1 is 1.29 bits per heavy atom. The zero-order valence-electron chi connectivity index (χ0n) is 13.2. The van der Waals surface area contributed by atoms with Crippen LogP contribution >= 0.6 is 0 Å². The molecule has 0 radical (unpaired) electrons. The van der Waals surface area contributed by atoms with E-state index in [9.17, 15) is 9.90 Å². The predicted octanol–water partition coefficient (Wildman–Crippen LogP) is 3.47. The number of aliphatic carboxylic acids is 1. The van der Waals surface area contributed by atoms with E-state index >= 15 is 0 Å². The molecular formula is C17H24O4. The molecule has 0 bridgehead atoms. The van der Waals surface area contributed by atoms with Crippen LogP contribution in [0.15, 0.2) is 18.2 Å². The Hall–Kier alpha value is -1.55. The molecule has 1 aliphatic rings. The van der Waals surface area contributed by atoms with Crippen LogP contribution in [0.25, 0.3) is 0 Å². The van der Waals surface area contributed by atoms with E-state index in [1.165, 1.54) is 0 Å². The lowest BCUT2D eigenvalue weighted by molar-refractivity contribution is -0.140. The first-order valence-electron chi connectivity index (χ1n) is 7.52. The van der Waals surface area contributed by atoms with Gasteiger partial charge in [0.15, 0.2) is 0 Å². The van der Waals surface area contributed by atoms with Crippen LogP contribution < -0.4 is 4.74 Å². The van der Waals surface area contributed by atoms with Crippen molar-refractivity contribution in [2.45, 2.75) is 51.6 Å². The molecule has 1 saturated carbocycles. The van der Waals surface area contributed by atoms with Crippen LogP contribution in [0.5, 0.6) is 5.75 Å². The summed E-state index contributed by atoms with van der Waals surface area (Å²) in [6, 6.07) is 5.78. The SMILES string of the molecule is CCOc1ccc(C(C)(C)OCC)cc1C1(C(=O)O)CC1. The monoisotopic (exact) mass is 292 g/mol. The van der Waals surface area contributed by atoms with Gasteiger partial charge in [-0.05, 0) is 58.2 Å². The van der Waals surface area contributed by atoms with E-state index in [1.54, 1.807) is 0 Å². The van der Waals surface area contributed by atoms with Crippen molar-refractivity contribution in [1.29, 1.82) is 0 Å². The Morgan fingerprint density at radius 3 is 2.43 bits per heavy atom. The van der Waals surface area contributed by atoms with E-state index in [-0.39, 0.29) is 0 Å². The van der Waals surface area contributed by atoms with Crippen molar-refractivity contribution in [3.8, 4) is 5.75 Å². The van der Waals surface area contributed by atoms with E-state index in [4.69, 9.17) is 9.47 Å². The van der Waals surface area contributed by atoms with Crippen LogP contribution in [-0.2, 0) is 20.5 Å². The lowest BCUT2D eigenvalue weighted by Gasteiger charge is -2.27. The van der Waals surface area contributed by atoms with Gasteiger partial charge in [-0.1, -0.05) is 6.07 Å². The minimum atomic E-state index is -0.775. The van der Waals surface area contributed by atoms with Crippen molar-refractivity contribution in [2.75, 3.05) is 13.2 Å². The fraction of sp³-hybridized carbons (Fsp3) is 0.588. The summed E-state index contributed by atoms with van der Waals surface area (Å²) in [5.74, 6) is -0.0942. The van der Waals surface area contributed by atoms with E-state index in [0.29, 0.717) is 31.8 Å². The third kappa shape index (κ3) is 2.91. The van der Waals surface area contributed by atoms with Gasteiger partial charge in [-0.25, -0.2) is 0 Å². The molecule has 116 valence electrons. The van der Waals surface area contributed by atoms with E-state index in [2.05, 4.69) is 0 Å². The Labute approximate surface area is 126 Å². The van der Waals surface area contributed by atoms with Gasteiger partial charge >= 0.3 is 5.97 Å². The molecule has 1 fully saturated rings. The molecule has 4 heteroatoms. The van der Waals surface area contributed by atoms with Crippen molar-refractivity contribution in [2.24, 2.45) is 0 Å². The molecule has 4 nitrogen and oxygen atoms in total. The maximum absolute atomic E-state index is 11.6. The van der Waals surface area contributed by atoms with Gasteiger partial charge < -0.3 is 14.6 Å². The molecule has 2 rings (SSSR count). The minimum Gasteiger partial charge on any atom is -0.494 e. The second-order valence-corrected chi connectivity index (χ2v) is 5.97. The first-order chi connectivity index (χ1) is 9.87. The molecule has 1 N–H and O–H groups in total. The third-order valence-corrected chi connectivity index (χ3v) is 4.15. The third-order valence-electron chi connectivity index (χ3n) is 4.15. The van der Waals surface area contributed by atoms with Gasteiger partial charge in [0, 0.05) is 12.2 Å². The molecule has 21 heavy (non-hydrogen) atoms. The Balaban J connectivity index is 2.48. The van der Waals surface area contributed by atoms with Gasteiger partial charge in [-0.2, -0.15) is 0 Å². The number of hydrogen-bond acceptors (Lipinski definition) is 3.